The third kappa shape index (κ3) is 2.63. The van der Waals surface area contributed by atoms with Crippen LogP contribution in [0.15, 0.2) is 76.6 Å². The van der Waals surface area contributed by atoms with Crippen molar-refractivity contribution < 1.29 is 0 Å². The van der Waals surface area contributed by atoms with Gasteiger partial charge in [-0.2, -0.15) is 0 Å². The standard InChI is InChI=1S/C18H16N2O2/c1-14-7-5-6-8-15(14)13-19-11-12-20(18(22)17(19)21)16-9-3-2-4-10-16/h2-12H,13H2,1H3. The average molecular weight is 292 g/mol. The van der Waals surface area contributed by atoms with Gasteiger partial charge in [-0.3, -0.25) is 14.2 Å². The largest absolute Gasteiger partial charge is 0.320 e. The van der Waals surface area contributed by atoms with Gasteiger partial charge in [0.2, 0.25) is 0 Å². The molecule has 0 amide bonds. The molecule has 1 aromatic heterocycles. The average Bonchev–Trinajstić information content (AvgIpc) is 2.55. The molecule has 3 aromatic rings. The van der Waals surface area contributed by atoms with Crippen molar-refractivity contribution in [2.24, 2.45) is 0 Å². The highest BCUT2D eigenvalue weighted by atomic mass is 16.2. The molecule has 0 spiro atoms. The minimum atomic E-state index is -0.540. The number of para-hydroxylation sites is 1. The van der Waals surface area contributed by atoms with Crippen LogP contribution in [0.3, 0.4) is 0 Å². The van der Waals surface area contributed by atoms with E-state index in [9.17, 15) is 9.59 Å². The number of hydrogen-bond acceptors (Lipinski definition) is 2. The summed E-state index contributed by atoms with van der Waals surface area (Å²) in [5, 5.41) is 0. The summed E-state index contributed by atoms with van der Waals surface area (Å²) in [6.45, 7) is 2.39. The third-order valence-electron chi connectivity index (χ3n) is 3.69. The van der Waals surface area contributed by atoms with Gasteiger partial charge < -0.3 is 4.57 Å². The Kier molecular flexibility index (Phi) is 3.74. The Labute approximate surface area is 127 Å². The Balaban J connectivity index is 2.03. The van der Waals surface area contributed by atoms with E-state index in [0.29, 0.717) is 12.2 Å². The van der Waals surface area contributed by atoms with Crippen molar-refractivity contribution in [1.29, 1.82) is 0 Å². The maximum atomic E-state index is 12.3. The second-order valence-electron chi connectivity index (χ2n) is 5.17. The SMILES string of the molecule is Cc1ccccc1Cn1ccn(-c2ccccc2)c(=O)c1=O. The smallest absolute Gasteiger partial charge is 0.305 e. The molecule has 3 rings (SSSR count). The molecular formula is C18H16N2O2. The molecule has 0 saturated heterocycles. The molecule has 4 heteroatoms. The van der Waals surface area contributed by atoms with E-state index in [1.807, 2.05) is 49.4 Å². The van der Waals surface area contributed by atoms with E-state index < -0.39 is 11.1 Å². The maximum Gasteiger partial charge on any atom is 0.320 e. The van der Waals surface area contributed by atoms with Crippen LogP contribution in [-0.2, 0) is 6.54 Å². The zero-order valence-corrected chi connectivity index (χ0v) is 12.3. The topological polar surface area (TPSA) is 44.0 Å². The normalized spacial score (nSPS) is 10.6. The Morgan fingerprint density at radius 3 is 2.23 bits per heavy atom. The van der Waals surface area contributed by atoms with E-state index in [4.69, 9.17) is 0 Å². The van der Waals surface area contributed by atoms with Gasteiger partial charge in [-0.1, -0.05) is 42.5 Å². The van der Waals surface area contributed by atoms with E-state index >= 15 is 0 Å². The third-order valence-corrected chi connectivity index (χ3v) is 3.69. The molecule has 0 atom stereocenters. The lowest BCUT2D eigenvalue weighted by atomic mass is 10.1. The van der Waals surface area contributed by atoms with Gasteiger partial charge in [0.05, 0.1) is 6.54 Å². The van der Waals surface area contributed by atoms with Gasteiger partial charge in [0.25, 0.3) is 0 Å². The Bertz CT molecular complexity index is 908. The van der Waals surface area contributed by atoms with Crippen molar-refractivity contribution in [2.45, 2.75) is 13.5 Å². The minimum absolute atomic E-state index is 0.399. The van der Waals surface area contributed by atoms with Crippen LogP contribution in [-0.4, -0.2) is 9.13 Å². The fraction of sp³-hybridized carbons (Fsp3) is 0.111. The van der Waals surface area contributed by atoms with Gasteiger partial charge in [-0.25, -0.2) is 0 Å². The first-order chi connectivity index (χ1) is 10.7. The number of rotatable bonds is 3. The van der Waals surface area contributed by atoms with Crippen LogP contribution in [0, 0.1) is 6.92 Å². The summed E-state index contributed by atoms with van der Waals surface area (Å²) < 4.78 is 2.82. The summed E-state index contributed by atoms with van der Waals surface area (Å²) in [5.74, 6) is 0. The van der Waals surface area contributed by atoms with E-state index in [0.717, 1.165) is 11.1 Å². The maximum absolute atomic E-state index is 12.3. The summed E-state index contributed by atoms with van der Waals surface area (Å²) in [6.07, 6.45) is 3.29. The monoisotopic (exact) mass is 292 g/mol. The van der Waals surface area contributed by atoms with Gasteiger partial charge in [0.1, 0.15) is 0 Å². The van der Waals surface area contributed by atoms with Crippen LogP contribution in [0.5, 0.6) is 0 Å². The fourth-order valence-corrected chi connectivity index (χ4v) is 2.40. The van der Waals surface area contributed by atoms with Crippen molar-refractivity contribution in [3.63, 3.8) is 0 Å². The molecule has 22 heavy (non-hydrogen) atoms. The molecule has 2 aromatic carbocycles. The summed E-state index contributed by atoms with van der Waals surface area (Å²) in [4.78, 5) is 24.6. The van der Waals surface area contributed by atoms with Crippen molar-refractivity contribution in [2.75, 3.05) is 0 Å². The van der Waals surface area contributed by atoms with Crippen LogP contribution in [0.25, 0.3) is 5.69 Å². The van der Waals surface area contributed by atoms with Crippen LogP contribution in [0.1, 0.15) is 11.1 Å². The highest BCUT2D eigenvalue weighted by Crippen LogP contribution is 2.08. The predicted molar refractivity (Wildman–Crippen MR) is 86.6 cm³/mol. The van der Waals surface area contributed by atoms with Crippen LogP contribution < -0.4 is 11.1 Å². The minimum Gasteiger partial charge on any atom is -0.305 e. The Morgan fingerprint density at radius 2 is 1.50 bits per heavy atom. The van der Waals surface area contributed by atoms with E-state index in [1.165, 1.54) is 9.13 Å². The molecule has 0 aliphatic rings. The molecule has 0 radical (unpaired) electrons. The number of hydrogen-bond donors (Lipinski definition) is 0. The number of nitrogens with zero attached hydrogens (tertiary/aromatic N) is 2. The molecule has 0 aliphatic heterocycles. The van der Waals surface area contributed by atoms with Crippen molar-refractivity contribution in [1.82, 2.24) is 9.13 Å². The first kappa shape index (κ1) is 14.1. The van der Waals surface area contributed by atoms with E-state index in [1.54, 1.807) is 24.5 Å². The van der Waals surface area contributed by atoms with Crippen LogP contribution in [0.4, 0.5) is 0 Å². The second-order valence-corrected chi connectivity index (χ2v) is 5.17. The molecule has 0 fully saturated rings. The van der Waals surface area contributed by atoms with Crippen molar-refractivity contribution in [3.05, 3.63) is 98.8 Å². The quantitative estimate of drug-likeness (QED) is 0.696. The van der Waals surface area contributed by atoms with E-state index in [-0.39, 0.29) is 0 Å². The first-order valence-electron chi connectivity index (χ1n) is 7.09. The fourth-order valence-electron chi connectivity index (χ4n) is 2.40. The van der Waals surface area contributed by atoms with Crippen LogP contribution >= 0.6 is 0 Å². The highest BCUT2D eigenvalue weighted by Gasteiger charge is 2.07. The van der Waals surface area contributed by atoms with Gasteiger partial charge in [-0.05, 0) is 30.2 Å². The van der Waals surface area contributed by atoms with Crippen molar-refractivity contribution >= 4 is 0 Å². The second kappa shape index (κ2) is 5.85. The first-order valence-corrected chi connectivity index (χ1v) is 7.09. The number of aromatic nitrogens is 2. The molecular weight excluding hydrogens is 276 g/mol. The Morgan fingerprint density at radius 1 is 0.818 bits per heavy atom. The van der Waals surface area contributed by atoms with Gasteiger partial charge in [-0.15, -0.1) is 0 Å². The summed E-state index contributed by atoms with van der Waals surface area (Å²) in [7, 11) is 0. The molecule has 0 aliphatic carbocycles. The van der Waals surface area contributed by atoms with Crippen LogP contribution in [0.2, 0.25) is 0 Å². The van der Waals surface area contributed by atoms with Gasteiger partial charge in [0, 0.05) is 18.1 Å². The summed E-state index contributed by atoms with van der Waals surface area (Å²) >= 11 is 0. The highest BCUT2D eigenvalue weighted by molar-refractivity contribution is 5.31. The zero-order chi connectivity index (χ0) is 15.5. The van der Waals surface area contributed by atoms with Gasteiger partial charge >= 0.3 is 11.1 Å². The molecule has 1 heterocycles. The lowest BCUT2D eigenvalue weighted by molar-refractivity contribution is 0.715. The lowest BCUT2D eigenvalue weighted by Crippen LogP contribution is -2.40. The Hall–Kier alpha value is -2.88. The molecule has 0 unspecified atom stereocenters. The summed E-state index contributed by atoms with van der Waals surface area (Å²) in [5.41, 5.74) is 1.76. The molecule has 0 bridgehead atoms. The lowest BCUT2D eigenvalue weighted by Gasteiger charge is -2.10. The molecule has 110 valence electrons. The summed E-state index contributed by atoms with van der Waals surface area (Å²) in [6, 6.07) is 17.0. The molecule has 0 N–H and O–H groups in total. The van der Waals surface area contributed by atoms with E-state index in [2.05, 4.69) is 0 Å². The number of benzene rings is 2. The molecule has 4 nitrogen and oxygen atoms in total. The molecule has 0 saturated carbocycles. The van der Waals surface area contributed by atoms with Crippen molar-refractivity contribution in [3.8, 4) is 5.69 Å². The zero-order valence-electron chi connectivity index (χ0n) is 12.3. The van der Waals surface area contributed by atoms with Gasteiger partial charge in [0.15, 0.2) is 0 Å². The predicted octanol–water partition coefficient (Wildman–Crippen LogP) is 2.36. The number of aryl methyl sites for hydroxylation is 1.